The fourth-order valence-corrected chi connectivity index (χ4v) is 4.93. The maximum absolute atomic E-state index is 3.73. The molecule has 1 aromatic carbocycles. The van der Waals surface area contributed by atoms with Crippen molar-refractivity contribution in [3.8, 4) is 0 Å². The van der Waals surface area contributed by atoms with Gasteiger partial charge in [-0.05, 0) is 69.8 Å². The Labute approximate surface area is 132 Å². The molecule has 2 atom stereocenters. The third kappa shape index (κ3) is 2.59. The van der Waals surface area contributed by atoms with Crippen LogP contribution in [0, 0.1) is 0 Å². The fourth-order valence-electron chi connectivity index (χ4n) is 3.47. The number of benzene rings is 1. The van der Waals surface area contributed by atoms with Crippen LogP contribution in [0.5, 0.6) is 0 Å². The van der Waals surface area contributed by atoms with E-state index in [9.17, 15) is 0 Å². The first kappa shape index (κ1) is 13.9. The van der Waals surface area contributed by atoms with Crippen LogP contribution in [0.3, 0.4) is 0 Å². The first-order valence-corrected chi connectivity index (χ1v) is 8.74. The Morgan fingerprint density at radius 1 is 1.21 bits per heavy atom. The van der Waals surface area contributed by atoms with Crippen LogP contribution >= 0.6 is 31.9 Å². The highest BCUT2D eigenvalue weighted by Crippen LogP contribution is 2.38. The number of para-hydroxylation sites is 1. The van der Waals surface area contributed by atoms with Crippen LogP contribution in [-0.4, -0.2) is 36.6 Å². The van der Waals surface area contributed by atoms with E-state index >= 15 is 0 Å². The second-order valence-corrected chi connectivity index (χ2v) is 7.28. The molecule has 3 rings (SSSR count). The molecule has 104 valence electrons. The van der Waals surface area contributed by atoms with Crippen LogP contribution in [0.25, 0.3) is 0 Å². The van der Waals surface area contributed by atoms with Crippen LogP contribution in [0.4, 0.5) is 5.69 Å². The fraction of sp³-hybridized carbons (Fsp3) is 0.600. The SMILES string of the molecule is CCC1CN2CCCC2CN1c1c(Br)cccc1Br. The topological polar surface area (TPSA) is 6.48 Å². The van der Waals surface area contributed by atoms with Gasteiger partial charge in [-0.25, -0.2) is 0 Å². The molecule has 0 amide bonds. The monoisotopic (exact) mass is 386 g/mol. The van der Waals surface area contributed by atoms with Gasteiger partial charge in [0, 0.05) is 34.1 Å². The molecule has 2 aliphatic heterocycles. The van der Waals surface area contributed by atoms with E-state index < -0.39 is 0 Å². The van der Waals surface area contributed by atoms with Crippen molar-refractivity contribution in [1.82, 2.24) is 4.90 Å². The van der Waals surface area contributed by atoms with Gasteiger partial charge in [0.2, 0.25) is 0 Å². The summed E-state index contributed by atoms with van der Waals surface area (Å²) in [7, 11) is 0. The normalized spacial score (nSPS) is 27.6. The molecule has 0 saturated carbocycles. The third-order valence-corrected chi connectivity index (χ3v) is 5.77. The van der Waals surface area contributed by atoms with Crippen molar-refractivity contribution in [3.63, 3.8) is 0 Å². The molecule has 0 bridgehead atoms. The maximum Gasteiger partial charge on any atom is 0.0658 e. The van der Waals surface area contributed by atoms with Crippen LogP contribution in [-0.2, 0) is 0 Å². The predicted molar refractivity (Wildman–Crippen MR) is 87.9 cm³/mol. The average molecular weight is 388 g/mol. The summed E-state index contributed by atoms with van der Waals surface area (Å²) in [5.41, 5.74) is 1.33. The van der Waals surface area contributed by atoms with E-state index in [1.807, 2.05) is 0 Å². The molecule has 0 aliphatic carbocycles. The Hall–Kier alpha value is -0.0600. The average Bonchev–Trinajstić information content (AvgIpc) is 2.84. The lowest BCUT2D eigenvalue weighted by molar-refractivity contribution is 0.194. The maximum atomic E-state index is 3.73. The molecule has 2 heterocycles. The van der Waals surface area contributed by atoms with E-state index in [0.717, 1.165) is 6.04 Å². The number of anilines is 1. The Bertz CT molecular complexity index is 443. The number of hydrogen-bond acceptors (Lipinski definition) is 2. The summed E-state index contributed by atoms with van der Waals surface area (Å²) in [6, 6.07) is 7.76. The number of nitrogens with zero attached hydrogens (tertiary/aromatic N) is 2. The highest BCUT2D eigenvalue weighted by atomic mass is 79.9. The summed E-state index contributed by atoms with van der Waals surface area (Å²) < 4.78 is 2.40. The van der Waals surface area contributed by atoms with E-state index in [2.05, 4.69) is 66.8 Å². The molecule has 2 nitrogen and oxygen atoms in total. The minimum atomic E-state index is 0.629. The summed E-state index contributed by atoms with van der Waals surface area (Å²) in [5, 5.41) is 0. The van der Waals surface area contributed by atoms with Gasteiger partial charge < -0.3 is 4.90 Å². The van der Waals surface area contributed by atoms with Gasteiger partial charge in [-0.2, -0.15) is 0 Å². The van der Waals surface area contributed by atoms with E-state index in [1.54, 1.807) is 0 Å². The molecule has 1 aromatic rings. The minimum Gasteiger partial charge on any atom is -0.364 e. The van der Waals surface area contributed by atoms with Crippen molar-refractivity contribution >= 4 is 37.5 Å². The van der Waals surface area contributed by atoms with Gasteiger partial charge in [0.15, 0.2) is 0 Å². The van der Waals surface area contributed by atoms with Crippen LogP contribution in [0.2, 0.25) is 0 Å². The second-order valence-electron chi connectivity index (χ2n) is 5.58. The van der Waals surface area contributed by atoms with Crippen molar-refractivity contribution < 1.29 is 0 Å². The zero-order valence-electron chi connectivity index (χ0n) is 11.3. The molecule has 2 aliphatic rings. The van der Waals surface area contributed by atoms with Crippen molar-refractivity contribution in [1.29, 1.82) is 0 Å². The van der Waals surface area contributed by atoms with Crippen LogP contribution < -0.4 is 4.90 Å². The largest absolute Gasteiger partial charge is 0.364 e. The lowest BCUT2D eigenvalue weighted by atomic mass is 10.0. The van der Waals surface area contributed by atoms with Crippen molar-refractivity contribution in [2.24, 2.45) is 0 Å². The Morgan fingerprint density at radius 3 is 2.63 bits per heavy atom. The number of fused-ring (bicyclic) bond motifs is 1. The first-order chi connectivity index (χ1) is 9.20. The first-order valence-electron chi connectivity index (χ1n) is 7.15. The molecular formula is C15H20Br2N2. The highest BCUT2D eigenvalue weighted by Gasteiger charge is 2.36. The van der Waals surface area contributed by atoms with Gasteiger partial charge in [-0.3, -0.25) is 4.90 Å². The van der Waals surface area contributed by atoms with Gasteiger partial charge in [-0.15, -0.1) is 0 Å². The number of hydrogen-bond donors (Lipinski definition) is 0. The van der Waals surface area contributed by atoms with Crippen LogP contribution in [0.15, 0.2) is 27.1 Å². The van der Waals surface area contributed by atoms with E-state index in [4.69, 9.17) is 0 Å². The van der Waals surface area contributed by atoms with Gasteiger partial charge in [0.1, 0.15) is 0 Å². The van der Waals surface area contributed by atoms with Crippen LogP contribution in [0.1, 0.15) is 26.2 Å². The van der Waals surface area contributed by atoms with Crippen molar-refractivity contribution in [2.75, 3.05) is 24.5 Å². The number of rotatable bonds is 2. The summed E-state index contributed by atoms with van der Waals surface area (Å²) in [5.74, 6) is 0. The van der Waals surface area contributed by atoms with E-state index in [0.29, 0.717) is 6.04 Å². The van der Waals surface area contributed by atoms with Gasteiger partial charge in [0.25, 0.3) is 0 Å². The summed E-state index contributed by atoms with van der Waals surface area (Å²) in [6.45, 7) is 5.99. The number of piperazine rings is 1. The predicted octanol–water partition coefficient (Wildman–Crippen LogP) is 4.27. The zero-order chi connectivity index (χ0) is 13.4. The Morgan fingerprint density at radius 2 is 1.95 bits per heavy atom. The van der Waals surface area contributed by atoms with Crippen molar-refractivity contribution in [3.05, 3.63) is 27.1 Å². The minimum absolute atomic E-state index is 0.629. The standard InChI is InChI=1S/C15H20Br2N2/c1-2-11-9-18-8-4-5-12(18)10-19(11)15-13(16)6-3-7-14(15)17/h3,6-7,11-12H,2,4-5,8-10H2,1H3. The molecular weight excluding hydrogens is 368 g/mol. The quantitative estimate of drug-likeness (QED) is 0.747. The van der Waals surface area contributed by atoms with Gasteiger partial charge in [-0.1, -0.05) is 13.0 Å². The summed E-state index contributed by atoms with van der Waals surface area (Å²) in [4.78, 5) is 5.30. The molecule has 0 N–H and O–H groups in total. The van der Waals surface area contributed by atoms with Gasteiger partial charge in [0.05, 0.1) is 5.69 Å². The summed E-state index contributed by atoms with van der Waals surface area (Å²) in [6.07, 6.45) is 3.93. The molecule has 2 fully saturated rings. The lowest BCUT2D eigenvalue weighted by Crippen LogP contribution is -2.56. The molecule has 2 saturated heterocycles. The third-order valence-electron chi connectivity index (χ3n) is 4.49. The smallest absolute Gasteiger partial charge is 0.0658 e. The Kier molecular flexibility index (Phi) is 4.20. The molecule has 0 aromatic heterocycles. The molecule has 0 spiro atoms. The molecule has 2 unspecified atom stereocenters. The highest BCUT2D eigenvalue weighted by molar-refractivity contribution is 9.11. The molecule has 0 radical (unpaired) electrons. The Balaban J connectivity index is 1.93. The number of halogens is 2. The summed E-state index contributed by atoms with van der Waals surface area (Å²) >= 11 is 7.45. The lowest BCUT2D eigenvalue weighted by Gasteiger charge is -2.45. The van der Waals surface area contributed by atoms with E-state index in [-0.39, 0.29) is 0 Å². The van der Waals surface area contributed by atoms with Gasteiger partial charge >= 0.3 is 0 Å². The second kappa shape index (κ2) is 5.74. The van der Waals surface area contributed by atoms with Crippen molar-refractivity contribution in [2.45, 2.75) is 38.3 Å². The van der Waals surface area contributed by atoms with E-state index in [1.165, 1.54) is 53.5 Å². The zero-order valence-corrected chi connectivity index (χ0v) is 14.5. The molecule has 4 heteroatoms. The molecule has 19 heavy (non-hydrogen) atoms.